The quantitative estimate of drug-likeness (QED) is 0.0340. The zero-order valence-electron chi connectivity index (χ0n) is 85.7. The first kappa shape index (κ1) is 120. The molecule has 0 aliphatic carbocycles. The van der Waals surface area contributed by atoms with Gasteiger partial charge in [0.1, 0.15) is 0 Å². The maximum atomic E-state index is 11.7. The van der Waals surface area contributed by atoms with E-state index >= 15 is 0 Å². The highest BCUT2D eigenvalue weighted by Crippen LogP contribution is 2.18. The van der Waals surface area contributed by atoms with Crippen LogP contribution < -0.4 is 48.9 Å². The summed E-state index contributed by atoms with van der Waals surface area (Å²) in [5.41, 5.74) is 20.1. The van der Waals surface area contributed by atoms with E-state index in [0.717, 1.165) is 125 Å². The molecule has 0 N–H and O–H groups in total. The van der Waals surface area contributed by atoms with Crippen LogP contribution >= 0.6 is 0 Å². The SMILES string of the molecule is CCCCCCCCCCCCc1ccccc(=O)c1C.CCCCCCCCCCc1ccccc(=O)c1C.CCCCCCCCc1ccccc(=O)c1C.CCCCCCc1ccccc(=O)c1C.CCCCCc1ccccc(=O)c1C.CCCCc1ccccc(=O)c1C.CCCc1ccccc(=O)c1C.CCc1ccccc(=O)c1C.Cc1ccccc(=O)c1C. The molecule has 0 bridgehead atoms. The summed E-state index contributed by atoms with van der Waals surface area (Å²) in [4.78, 5) is 103. The minimum absolute atomic E-state index is 0.113. The predicted octanol–water partition coefficient (Wildman–Crippen LogP) is 30.3. The van der Waals surface area contributed by atoms with E-state index in [0.29, 0.717) is 0 Å². The molecule has 9 nitrogen and oxygen atoms in total. The monoisotopic (exact) mass is 1800 g/mol. The number of hydrogen-bond donors (Lipinski definition) is 0. The van der Waals surface area contributed by atoms with Crippen LogP contribution in [0.1, 0.15) is 374 Å². The molecule has 720 valence electrons. The Morgan fingerprint density at radius 2 is 0.280 bits per heavy atom. The van der Waals surface area contributed by atoms with Gasteiger partial charge in [-0.1, -0.05) is 399 Å². The zero-order valence-corrected chi connectivity index (χ0v) is 85.7. The minimum atomic E-state index is 0.113. The standard InChI is InChI=1S/C20H32O.C18H28O.C16H24O.C14H20O.C13H18O.C12H16O.C11H14O.C10H12O.C9H10O/c1-3-4-5-6-7-8-9-10-11-12-15-19-16-13-14-17-20(21)18(19)2;1-3-4-5-6-7-8-9-10-13-17-14-11-12-15-18(19)16(17)2;1-3-4-5-6-7-8-11-15-12-9-10-13-16(17)14(15)2;1-3-4-5-6-9-13-10-7-8-11-14(15)12(13)2;1-3-4-5-8-12-9-6-7-10-13(14)11(12)2;1-3-4-7-11-8-5-6-9-12(13)10(11)2;1-3-6-10-7-4-5-8-11(12)9(10)2;1-3-9-6-4-5-7-10(11)8(9)2;1-7-5-3-4-6-9(10)8(7)2/h13-14,16-17H,3-12,15H2,1-2H3;11-12,14-15H,3-10,13H2,1-2H3;9-10,12-13H,3-8,11H2,1-2H3;7-8,10-11H,3-6,9H2,1-2H3;6-7,9-10H,3-5,8H2,1-2H3;5-6,8-9H,3-4,7H2,1-2H3;4-5,7-8H,3,6H2,1-2H3;4-7H,3H2,1-2H3;3-6H,1-2H3. The maximum absolute atomic E-state index is 11.7. The van der Waals surface area contributed by atoms with Crippen molar-refractivity contribution in [2.45, 2.75) is 394 Å². The molecule has 0 aromatic heterocycles. The predicted molar refractivity (Wildman–Crippen MR) is 574 cm³/mol. The summed E-state index contributed by atoms with van der Waals surface area (Å²) in [5.74, 6) is 0. The molecule has 9 heteroatoms. The highest BCUT2D eigenvalue weighted by atomic mass is 16.1. The number of unbranched alkanes of at least 4 members (excludes halogenated alkanes) is 27. The molecule has 0 heterocycles. The molecular formula is C123H174O9. The lowest BCUT2D eigenvalue weighted by Crippen LogP contribution is -2.02. The number of rotatable bonds is 42. The van der Waals surface area contributed by atoms with Crippen LogP contribution in [0.3, 0.4) is 0 Å². The second kappa shape index (κ2) is 78.5. The Morgan fingerprint density at radius 1 is 0.136 bits per heavy atom. The van der Waals surface area contributed by atoms with Crippen LogP contribution in [-0.4, -0.2) is 0 Å². The molecule has 0 atom stereocenters. The first-order chi connectivity index (χ1) is 63.7. The smallest absolute Gasteiger partial charge is 0.181 e. The lowest BCUT2D eigenvalue weighted by atomic mass is 10.0. The van der Waals surface area contributed by atoms with Crippen molar-refractivity contribution in [1.82, 2.24) is 0 Å². The third-order valence-corrected chi connectivity index (χ3v) is 24.7. The van der Waals surface area contributed by atoms with Crippen LogP contribution in [0.15, 0.2) is 262 Å². The molecule has 0 radical (unpaired) electrons. The van der Waals surface area contributed by atoms with E-state index in [2.05, 4.69) is 85.7 Å². The molecule has 0 spiro atoms. The third kappa shape index (κ3) is 55.5. The average Bonchev–Trinajstić information content (AvgIpc) is 1.75. The van der Waals surface area contributed by atoms with Crippen molar-refractivity contribution in [2.75, 3.05) is 0 Å². The van der Waals surface area contributed by atoms with Crippen molar-refractivity contribution in [3.05, 3.63) is 411 Å². The van der Waals surface area contributed by atoms with Gasteiger partial charge in [-0.25, -0.2) is 0 Å². The van der Waals surface area contributed by atoms with E-state index in [1.807, 2.05) is 184 Å². The Balaban J connectivity index is 0.000000749. The summed E-state index contributed by atoms with van der Waals surface area (Å²) in [5, 5.41) is 0. The van der Waals surface area contributed by atoms with Gasteiger partial charge in [0.2, 0.25) is 0 Å². The molecule has 0 saturated carbocycles. The molecule has 132 heavy (non-hydrogen) atoms. The summed E-state index contributed by atoms with van der Waals surface area (Å²) in [6.07, 6.45) is 52.3. The lowest BCUT2D eigenvalue weighted by molar-refractivity contribution is 0.556. The molecule has 0 aliphatic heterocycles. The molecular weight excluding hydrogens is 1620 g/mol. The Hall–Kier alpha value is -9.99. The van der Waals surface area contributed by atoms with Crippen LogP contribution in [-0.2, 0) is 51.4 Å². The first-order valence-electron chi connectivity index (χ1n) is 51.0. The van der Waals surface area contributed by atoms with Gasteiger partial charge in [0.05, 0.1) is 0 Å². The summed E-state index contributed by atoms with van der Waals surface area (Å²) in [6, 6.07) is 67.0. The van der Waals surface area contributed by atoms with Crippen molar-refractivity contribution in [2.24, 2.45) is 0 Å². The van der Waals surface area contributed by atoms with Gasteiger partial charge in [0, 0.05) is 0 Å². The zero-order chi connectivity index (χ0) is 97.7. The molecule has 0 fully saturated rings. The minimum Gasteiger partial charge on any atom is -0.290 e. The van der Waals surface area contributed by atoms with Gasteiger partial charge in [-0.2, -0.15) is 0 Å². The van der Waals surface area contributed by atoms with Gasteiger partial charge in [-0.05, 0) is 314 Å². The van der Waals surface area contributed by atoms with E-state index < -0.39 is 0 Å². The molecule has 9 aromatic rings. The van der Waals surface area contributed by atoms with Crippen molar-refractivity contribution >= 4 is 0 Å². The molecule has 0 unspecified atom stereocenters. The van der Waals surface area contributed by atoms with Gasteiger partial charge in [-0.3, -0.25) is 43.2 Å². The van der Waals surface area contributed by atoms with Crippen LogP contribution in [0.25, 0.3) is 0 Å². The van der Waals surface area contributed by atoms with Gasteiger partial charge >= 0.3 is 0 Å². The summed E-state index contributed by atoms with van der Waals surface area (Å²) < 4.78 is 0. The largest absolute Gasteiger partial charge is 0.290 e. The molecule has 9 aromatic carbocycles. The second-order valence-electron chi connectivity index (χ2n) is 35.4. The van der Waals surface area contributed by atoms with Gasteiger partial charge in [-0.15, -0.1) is 0 Å². The van der Waals surface area contributed by atoms with Gasteiger partial charge < -0.3 is 0 Å². The number of aryl methyl sites for hydroxylation is 9. The highest BCUT2D eigenvalue weighted by molar-refractivity contribution is 5.31. The van der Waals surface area contributed by atoms with Gasteiger partial charge in [0.15, 0.2) is 48.9 Å². The number of hydrogen-bond acceptors (Lipinski definition) is 9. The molecule has 0 amide bonds. The van der Waals surface area contributed by atoms with E-state index in [9.17, 15) is 43.2 Å². The summed E-state index contributed by atoms with van der Waals surface area (Å²) in [7, 11) is 0. The third-order valence-electron chi connectivity index (χ3n) is 24.7. The average molecular weight is 1800 g/mol. The molecule has 0 aliphatic rings. The lowest BCUT2D eigenvalue weighted by Gasteiger charge is -2.03. The topological polar surface area (TPSA) is 154 Å². The Labute approximate surface area is 799 Å². The van der Waals surface area contributed by atoms with Crippen molar-refractivity contribution in [1.29, 1.82) is 0 Å². The van der Waals surface area contributed by atoms with Gasteiger partial charge in [0.25, 0.3) is 0 Å². The molecule has 9 rings (SSSR count). The van der Waals surface area contributed by atoms with E-state index in [1.165, 1.54) is 244 Å². The van der Waals surface area contributed by atoms with E-state index in [4.69, 9.17) is 0 Å². The van der Waals surface area contributed by atoms with Crippen LogP contribution in [0, 0.1) is 69.2 Å². The molecule has 0 saturated heterocycles. The maximum Gasteiger partial charge on any atom is 0.181 e. The van der Waals surface area contributed by atoms with Crippen molar-refractivity contribution in [3.63, 3.8) is 0 Å². The fraction of sp³-hybridized carbons (Fsp3) is 0.488. The Bertz CT molecular complexity index is 5210. The van der Waals surface area contributed by atoms with Crippen LogP contribution in [0.4, 0.5) is 0 Å². The Morgan fingerprint density at radius 3 is 0.492 bits per heavy atom. The summed E-state index contributed by atoms with van der Waals surface area (Å²) in [6.45, 7) is 36.7. The van der Waals surface area contributed by atoms with E-state index in [1.54, 1.807) is 72.8 Å². The van der Waals surface area contributed by atoms with Crippen LogP contribution in [0.5, 0.6) is 0 Å². The van der Waals surface area contributed by atoms with E-state index in [-0.39, 0.29) is 48.9 Å². The summed E-state index contributed by atoms with van der Waals surface area (Å²) >= 11 is 0. The second-order valence-corrected chi connectivity index (χ2v) is 35.4. The van der Waals surface area contributed by atoms with Crippen LogP contribution in [0.2, 0.25) is 0 Å². The first-order valence-corrected chi connectivity index (χ1v) is 51.0. The fourth-order valence-corrected chi connectivity index (χ4v) is 15.1. The normalized spacial score (nSPS) is 10.2. The van der Waals surface area contributed by atoms with Crippen molar-refractivity contribution in [3.8, 4) is 0 Å². The highest BCUT2D eigenvalue weighted by Gasteiger charge is 2.08. The fourth-order valence-electron chi connectivity index (χ4n) is 15.1. The van der Waals surface area contributed by atoms with Crippen molar-refractivity contribution < 1.29 is 0 Å². The Kier molecular flexibility index (Phi) is 71.4.